The highest BCUT2D eigenvalue weighted by atomic mass is 16.5. The Kier molecular flexibility index (Phi) is 3.31. The molecule has 0 saturated heterocycles. The molecule has 1 aromatic rings. The second-order valence-corrected chi connectivity index (χ2v) is 3.80. The third kappa shape index (κ3) is 2.20. The smallest absolute Gasteiger partial charge is 0.338 e. The molecule has 1 atom stereocenters. The fourth-order valence-electron chi connectivity index (χ4n) is 1.83. The number of carbonyl (C=O) groups excluding carboxylic acids is 2. The lowest BCUT2D eigenvalue weighted by Gasteiger charge is -2.26. The largest absolute Gasteiger partial charge is 0.463 e. The van der Waals surface area contributed by atoms with Crippen LogP contribution in [-0.2, 0) is 9.53 Å². The Morgan fingerprint density at radius 2 is 2.33 bits per heavy atom. The lowest BCUT2D eigenvalue weighted by Crippen LogP contribution is -2.45. The number of rotatable bonds is 3. The summed E-state index contributed by atoms with van der Waals surface area (Å²) in [4.78, 5) is 30.1. The molecule has 0 bridgehead atoms. The van der Waals surface area contributed by atoms with Crippen molar-refractivity contribution in [3.8, 4) is 0 Å². The maximum Gasteiger partial charge on any atom is 0.338 e. The monoisotopic (exact) mass is 250 g/mol. The van der Waals surface area contributed by atoms with Crippen molar-refractivity contribution < 1.29 is 14.3 Å². The number of esters is 1. The number of amides is 2. The van der Waals surface area contributed by atoms with Gasteiger partial charge in [-0.25, -0.2) is 14.6 Å². The number of urea groups is 1. The van der Waals surface area contributed by atoms with E-state index in [1.165, 1.54) is 6.33 Å². The van der Waals surface area contributed by atoms with E-state index in [4.69, 9.17) is 4.74 Å². The first-order valence-electron chi connectivity index (χ1n) is 5.57. The van der Waals surface area contributed by atoms with Crippen LogP contribution in [0, 0.1) is 0 Å². The third-order valence-corrected chi connectivity index (χ3v) is 2.59. The Bertz CT molecular complexity index is 492. The molecule has 2 amide bonds. The van der Waals surface area contributed by atoms with Crippen molar-refractivity contribution in [1.82, 2.24) is 20.6 Å². The molecule has 1 unspecified atom stereocenters. The minimum Gasteiger partial charge on any atom is -0.463 e. The molecular formula is C11H14N4O3. The van der Waals surface area contributed by atoms with Crippen molar-refractivity contribution in [3.05, 3.63) is 29.5 Å². The molecule has 0 radical (unpaired) electrons. The Labute approximate surface area is 104 Å². The number of aromatic nitrogens is 2. The zero-order valence-electron chi connectivity index (χ0n) is 10.1. The van der Waals surface area contributed by atoms with E-state index in [2.05, 4.69) is 20.6 Å². The highest BCUT2D eigenvalue weighted by Gasteiger charge is 2.32. The van der Waals surface area contributed by atoms with Crippen molar-refractivity contribution in [1.29, 1.82) is 0 Å². The summed E-state index contributed by atoms with van der Waals surface area (Å²) in [6, 6.07) is -0.930. The Morgan fingerprint density at radius 3 is 2.94 bits per heavy atom. The van der Waals surface area contributed by atoms with Gasteiger partial charge < -0.3 is 20.4 Å². The van der Waals surface area contributed by atoms with E-state index in [1.807, 2.05) is 0 Å². The summed E-state index contributed by atoms with van der Waals surface area (Å²) in [6.45, 7) is 3.67. The third-order valence-electron chi connectivity index (χ3n) is 2.59. The highest BCUT2D eigenvalue weighted by molar-refractivity contribution is 5.94. The number of hydrogen-bond donors (Lipinski definition) is 3. The summed E-state index contributed by atoms with van der Waals surface area (Å²) in [6.07, 6.45) is 3.05. The minimum atomic E-state index is -0.569. The fraction of sp³-hybridized carbons (Fsp3) is 0.364. The molecule has 0 fully saturated rings. The number of carbonyl (C=O) groups is 2. The molecule has 3 N–H and O–H groups in total. The number of ether oxygens (including phenoxy) is 1. The van der Waals surface area contributed by atoms with Gasteiger partial charge in [0.2, 0.25) is 0 Å². The van der Waals surface area contributed by atoms with Crippen LogP contribution in [0.3, 0.4) is 0 Å². The number of aromatic amines is 1. The topological polar surface area (TPSA) is 96.1 Å². The fourth-order valence-corrected chi connectivity index (χ4v) is 1.83. The predicted octanol–water partition coefficient (Wildman–Crippen LogP) is 0.601. The van der Waals surface area contributed by atoms with Gasteiger partial charge in [-0.05, 0) is 13.8 Å². The number of allylic oxidation sites excluding steroid dienone is 1. The van der Waals surface area contributed by atoms with Crippen molar-refractivity contribution in [2.24, 2.45) is 0 Å². The second kappa shape index (κ2) is 4.91. The van der Waals surface area contributed by atoms with Gasteiger partial charge in [-0.3, -0.25) is 0 Å². The molecule has 0 aromatic carbocycles. The van der Waals surface area contributed by atoms with Crippen molar-refractivity contribution in [3.63, 3.8) is 0 Å². The quantitative estimate of drug-likeness (QED) is 0.684. The molecule has 1 aliphatic rings. The van der Waals surface area contributed by atoms with Crippen LogP contribution < -0.4 is 10.6 Å². The van der Waals surface area contributed by atoms with Gasteiger partial charge >= 0.3 is 12.0 Å². The molecule has 96 valence electrons. The first kappa shape index (κ1) is 12.2. The number of imidazole rings is 1. The summed E-state index contributed by atoms with van der Waals surface area (Å²) >= 11 is 0. The Hall–Kier alpha value is -2.31. The summed E-state index contributed by atoms with van der Waals surface area (Å²) in [7, 11) is 0. The molecule has 7 nitrogen and oxygen atoms in total. The molecule has 7 heteroatoms. The van der Waals surface area contributed by atoms with E-state index in [9.17, 15) is 9.59 Å². The number of nitrogens with one attached hydrogen (secondary N) is 3. The predicted molar refractivity (Wildman–Crippen MR) is 62.3 cm³/mol. The summed E-state index contributed by atoms with van der Waals surface area (Å²) < 4.78 is 4.99. The maximum absolute atomic E-state index is 11.9. The number of nitrogens with zero attached hydrogens (tertiary/aromatic N) is 1. The van der Waals surface area contributed by atoms with Crippen LogP contribution in [0.5, 0.6) is 0 Å². The summed E-state index contributed by atoms with van der Waals surface area (Å²) in [5.74, 6) is -0.456. The van der Waals surface area contributed by atoms with Crippen molar-refractivity contribution in [2.45, 2.75) is 19.9 Å². The zero-order valence-corrected chi connectivity index (χ0v) is 10.1. The maximum atomic E-state index is 11.9. The van der Waals surface area contributed by atoms with E-state index in [1.54, 1.807) is 20.0 Å². The van der Waals surface area contributed by atoms with Gasteiger partial charge in [-0.15, -0.1) is 0 Å². The first-order chi connectivity index (χ1) is 8.63. The summed E-state index contributed by atoms with van der Waals surface area (Å²) in [5.41, 5.74) is 1.49. The van der Waals surface area contributed by atoms with Crippen LogP contribution in [0.15, 0.2) is 23.8 Å². The molecule has 0 saturated carbocycles. The number of H-pyrrole nitrogens is 1. The SMILES string of the molecule is CCOC(=O)C1=C(C)NC(=O)NC1c1cnc[nH]1. The lowest BCUT2D eigenvalue weighted by atomic mass is 10.0. The van der Waals surface area contributed by atoms with E-state index < -0.39 is 12.0 Å². The summed E-state index contributed by atoms with van der Waals surface area (Å²) in [5, 5.41) is 5.21. The van der Waals surface area contributed by atoms with E-state index in [-0.39, 0.29) is 12.6 Å². The second-order valence-electron chi connectivity index (χ2n) is 3.80. The van der Waals surface area contributed by atoms with Crippen LogP contribution in [0.4, 0.5) is 4.79 Å². The van der Waals surface area contributed by atoms with Gasteiger partial charge in [0, 0.05) is 5.70 Å². The lowest BCUT2D eigenvalue weighted by molar-refractivity contribution is -0.139. The van der Waals surface area contributed by atoms with Crippen molar-refractivity contribution in [2.75, 3.05) is 6.61 Å². The van der Waals surface area contributed by atoms with Crippen LogP contribution in [0.25, 0.3) is 0 Å². The average molecular weight is 250 g/mol. The van der Waals surface area contributed by atoms with E-state index in [0.29, 0.717) is 17.0 Å². The molecule has 0 spiro atoms. The van der Waals surface area contributed by atoms with Gasteiger partial charge in [-0.2, -0.15) is 0 Å². The highest BCUT2D eigenvalue weighted by Crippen LogP contribution is 2.25. The van der Waals surface area contributed by atoms with Gasteiger partial charge in [0.1, 0.15) is 6.04 Å². The van der Waals surface area contributed by atoms with E-state index >= 15 is 0 Å². The standard InChI is InChI=1S/C11H14N4O3/c1-3-18-10(16)8-6(2)14-11(17)15-9(8)7-4-12-5-13-7/h4-5,9H,3H2,1-2H3,(H,12,13)(H2,14,15,17). The Morgan fingerprint density at radius 1 is 1.56 bits per heavy atom. The molecule has 2 rings (SSSR count). The minimum absolute atomic E-state index is 0.277. The average Bonchev–Trinajstić information content (AvgIpc) is 2.81. The van der Waals surface area contributed by atoms with Gasteiger partial charge in [0.05, 0.1) is 30.4 Å². The van der Waals surface area contributed by atoms with Crippen LogP contribution in [0.2, 0.25) is 0 Å². The van der Waals surface area contributed by atoms with Gasteiger partial charge in [0.15, 0.2) is 0 Å². The molecule has 0 aliphatic carbocycles. The molecule has 1 aliphatic heterocycles. The van der Waals surface area contributed by atoms with Crippen molar-refractivity contribution >= 4 is 12.0 Å². The molecule has 18 heavy (non-hydrogen) atoms. The molecular weight excluding hydrogens is 236 g/mol. The first-order valence-corrected chi connectivity index (χ1v) is 5.57. The van der Waals surface area contributed by atoms with Crippen LogP contribution >= 0.6 is 0 Å². The van der Waals surface area contributed by atoms with Crippen LogP contribution in [-0.4, -0.2) is 28.6 Å². The molecule has 2 heterocycles. The van der Waals surface area contributed by atoms with Gasteiger partial charge in [-0.1, -0.05) is 0 Å². The zero-order chi connectivity index (χ0) is 13.1. The van der Waals surface area contributed by atoms with Gasteiger partial charge in [0.25, 0.3) is 0 Å². The Balaban J connectivity index is 2.38. The van der Waals surface area contributed by atoms with E-state index in [0.717, 1.165) is 0 Å². The number of hydrogen-bond acceptors (Lipinski definition) is 4. The molecule has 1 aromatic heterocycles. The van der Waals surface area contributed by atoms with Crippen LogP contribution in [0.1, 0.15) is 25.6 Å². The normalized spacial score (nSPS) is 19.2.